The number of aliphatic carboxylic acids is 1. The Morgan fingerprint density at radius 1 is 1.62 bits per heavy atom. The van der Waals surface area contributed by atoms with Crippen LogP contribution in [0.25, 0.3) is 0 Å². The summed E-state index contributed by atoms with van der Waals surface area (Å²) < 4.78 is 0. The van der Waals surface area contributed by atoms with E-state index in [-0.39, 0.29) is 5.92 Å². The minimum atomic E-state index is -0.603. The molecule has 1 saturated carbocycles. The Hall–Kier alpha value is -0.530. The molecule has 0 aliphatic heterocycles. The Balaban J connectivity index is 2.29. The van der Waals surface area contributed by atoms with Gasteiger partial charge in [-0.3, -0.25) is 4.79 Å². The van der Waals surface area contributed by atoms with Crippen molar-refractivity contribution in [3.8, 4) is 0 Å². The van der Waals surface area contributed by atoms with Gasteiger partial charge < -0.3 is 5.11 Å². The number of carboxylic acid groups (broad SMARTS) is 1. The first-order chi connectivity index (χ1) is 6.24. The maximum atomic E-state index is 10.8. The van der Waals surface area contributed by atoms with Gasteiger partial charge in [0.05, 0.1) is 5.92 Å². The van der Waals surface area contributed by atoms with Gasteiger partial charge in [0.15, 0.2) is 0 Å². The zero-order valence-corrected chi connectivity index (χ0v) is 8.38. The third kappa shape index (κ3) is 3.37. The Kier molecular flexibility index (Phi) is 4.26. The SMILES string of the molecule is CCCC[C]1CCCC(C(=O)O)C1. The van der Waals surface area contributed by atoms with Gasteiger partial charge in [0, 0.05) is 0 Å². The van der Waals surface area contributed by atoms with Gasteiger partial charge in [-0.15, -0.1) is 0 Å². The van der Waals surface area contributed by atoms with Crippen LogP contribution in [0.1, 0.15) is 51.9 Å². The van der Waals surface area contributed by atoms with Crippen LogP contribution in [0.4, 0.5) is 0 Å². The monoisotopic (exact) mass is 183 g/mol. The summed E-state index contributed by atoms with van der Waals surface area (Å²) in [5, 5.41) is 8.87. The molecule has 1 unspecified atom stereocenters. The highest BCUT2D eigenvalue weighted by atomic mass is 16.4. The maximum absolute atomic E-state index is 10.8. The molecule has 0 amide bonds. The lowest BCUT2D eigenvalue weighted by Gasteiger charge is -2.25. The number of carbonyl (C=O) groups is 1. The van der Waals surface area contributed by atoms with Crippen molar-refractivity contribution < 1.29 is 9.90 Å². The van der Waals surface area contributed by atoms with Gasteiger partial charge >= 0.3 is 5.97 Å². The highest BCUT2D eigenvalue weighted by Crippen LogP contribution is 2.33. The van der Waals surface area contributed by atoms with Crippen LogP contribution in [0.15, 0.2) is 0 Å². The molecular weight excluding hydrogens is 164 g/mol. The van der Waals surface area contributed by atoms with Crippen LogP contribution in [0, 0.1) is 11.8 Å². The Morgan fingerprint density at radius 2 is 2.38 bits per heavy atom. The van der Waals surface area contributed by atoms with E-state index in [2.05, 4.69) is 6.92 Å². The van der Waals surface area contributed by atoms with Crippen molar-refractivity contribution in [2.75, 3.05) is 0 Å². The number of rotatable bonds is 4. The molecule has 1 aliphatic carbocycles. The zero-order chi connectivity index (χ0) is 9.68. The number of carboxylic acids is 1. The summed E-state index contributed by atoms with van der Waals surface area (Å²) in [4.78, 5) is 10.8. The largest absolute Gasteiger partial charge is 0.481 e. The fourth-order valence-electron chi connectivity index (χ4n) is 2.02. The molecule has 1 N–H and O–H groups in total. The minimum Gasteiger partial charge on any atom is -0.481 e. The second-order valence-corrected chi connectivity index (χ2v) is 3.99. The molecule has 1 atom stereocenters. The summed E-state index contributed by atoms with van der Waals surface area (Å²) in [6.45, 7) is 2.18. The lowest BCUT2D eigenvalue weighted by atomic mass is 9.79. The molecule has 13 heavy (non-hydrogen) atoms. The van der Waals surface area contributed by atoms with Crippen LogP contribution in [0.2, 0.25) is 0 Å². The van der Waals surface area contributed by atoms with Gasteiger partial charge in [-0.25, -0.2) is 0 Å². The fraction of sp³-hybridized carbons (Fsp3) is 0.818. The molecule has 1 rings (SSSR count). The van der Waals surface area contributed by atoms with Gasteiger partial charge in [0.2, 0.25) is 0 Å². The maximum Gasteiger partial charge on any atom is 0.306 e. The highest BCUT2D eigenvalue weighted by Gasteiger charge is 2.26. The van der Waals surface area contributed by atoms with E-state index in [1.165, 1.54) is 25.2 Å². The van der Waals surface area contributed by atoms with E-state index < -0.39 is 5.97 Å². The van der Waals surface area contributed by atoms with E-state index in [4.69, 9.17) is 5.11 Å². The molecule has 1 radical (unpaired) electrons. The van der Waals surface area contributed by atoms with Crippen LogP contribution in [-0.2, 0) is 4.79 Å². The predicted octanol–water partition coefficient (Wildman–Crippen LogP) is 3.03. The number of unbranched alkanes of at least 4 members (excludes halogenated alkanes) is 1. The van der Waals surface area contributed by atoms with Crippen molar-refractivity contribution >= 4 is 5.97 Å². The van der Waals surface area contributed by atoms with E-state index >= 15 is 0 Å². The molecule has 1 aliphatic rings. The van der Waals surface area contributed by atoms with Gasteiger partial charge in [-0.05, 0) is 31.6 Å². The van der Waals surface area contributed by atoms with Crippen LogP contribution in [0.3, 0.4) is 0 Å². The minimum absolute atomic E-state index is 0.0828. The third-order valence-electron chi connectivity index (χ3n) is 2.85. The summed E-state index contributed by atoms with van der Waals surface area (Å²) in [6.07, 6.45) is 7.56. The van der Waals surface area contributed by atoms with Crippen molar-refractivity contribution in [3.63, 3.8) is 0 Å². The molecule has 0 saturated heterocycles. The topological polar surface area (TPSA) is 37.3 Å². The normalized spacial score (nSPS) is 24.5. The Bertz CT molecular complexity index is 165. The van der Waals surface area contributed by atoms with Gasteiger partial charge in [-0.1, -0.05) is 26.2 Å². The third-order valence-corrected chi connectivity index (χ3v) is 2.85. The molecule has 2 nitrogen and oxygen atoms in total. The summed E-state index contributed by atoms with van der Waals surface area (Å²) in [5.41, 5.74) is 0. The predicted molar refractivity (Wildman–Crippen MR) is 52.4 cm³/mol. The number of hydrogen-bond acceptors (Lipinski definition) is 1. The van der Waals surface area contributed by atoms with E-state index in [9.17, 15) is 4.79 Å². The van der Waals surface area contributed by atoms with Gasteiger partial charge in [-0.2, -0.15) is 0 Å². The van der Waals surface area contributed by atoms with Crippen molar-refractivity contribution in [1.29, 1.82) is 0 Å². The van der Waals surface area contributed by atoms with Crippen molar-refractivity contribution in [2.24, 2.45) is 5.92 Å². The smallest absolute Gasteiger partial charge is 0.306 e. The van der Waals surface area contributed by atoms with Crippen LogP contribution in [0.5, 0.6) is 0 Å². The second-order valence-electron chi connectivity index (χ2n) is 3.99. The molecule has 0 spiro atoms. The first kappa shape index (κ1) is 10.6. The first-order valence-corrected chi connectivity index (χ1v) is 5.30. The van der Waals surface area contributed by atoms with Crippen molar-refractivity contribution in [2.45, 2.75) is 51.9 Å². The molecule has 0 aromatic carbocycles. The van der Waals surface area contributed by atoms with Crippen molar-refractivity contribution in [3.05, 3.63) is 5.92 Å². The van der Waals surface area contributed by atoms with E-state index in [0.717, 1.165) is 25.7 Å². The van der Waals surface area contributed by atoms with Crippen LogP contribution < -0.4 is 0 Å². The summed E-state index contributed by atoms with van der Waals surface area (Å²) >= 11 is 0. The average Bonchev–Trinajstić information content (AvgIpc) is 2.15. The fourth-order valence-corrected chi connectivity index (χ4v) is 2.02. The lowest BCUT2D eigenvalue weighted by molar-refractivity contribution is -0.142. The zero-order valence-electron chi connectivity index (χ0n) is 8.38. The number of hydrogen-bond donors (Lipinski definition) is 1. The van der Waals surface area contributed by atoms with E-state index in [1.807, 2.05) is 0 Å². The Labute approximate surface area is 80.3 Å². The summed E-state index contributed by atoms with van der Waals surface area (Å²) in [5.74, 6) is 0.801. The van der Waals surface area contributed by atoms with Gasteiger partial charge in [0.1, 0.15) is 0 Å². The van der Waals surface area contributed by atoms with Gasteiger partial charge in [0.25, 0.3) is 0 Å². The van der Waals surface area contributed by atoms with Crippen LogP contribution in [-0.4, -0.2) is 11.1 Å². The van der Waals surface area contributed by atoms with E-state index in [1.54, 1.807) is 0 Å². The standard InChI is InChI=1S/C11H19O2/c1-2-3-5-9-6-4-7-10(8-9)11(12)13/h10H,2-8H2,1H3,(H,12,13). The molecular formula is C11H19O2. The molecule has 2 heteroatoms. The highest BCUT2D eigenvalue weighted by molar-refractivity contribution is 5.70. The Morgan fingerprint density at radius 3 is 3.00 bits per heavy atom. The molecule has 0 heterocycles. The molecule has 75 valence electrons. The molecule has 0 bridgehead atoms. The first-order valence-electron chi connectivity index (χ1n) is 5.30. The summed E-state index contributed by atoms with van der Waals surface area (Å²) in [7, 11) is 0. The average molecular weight is 183 g/mol. The second kappa shape index (κ2) is 5.25. The van der Waals surface area contributed by atoms with Crippen molar-refractivity contribution in [1.82, 2.24) is 0 Å². The molecule has 0 aromatic rings. The quantitative estimate of drug-likeness (QED) is 0.727. The molecule has 1 fully saturated rings. The summed E-state index contributed by atoms with van der Waals surface area (Å²) in [6, 6.07) is 0. The lowest BCUT2D eigenvalue weighted by Crippen LogP contribution is -2.21. The van der Waals surface area contributed by atoms with Crippen LogP contribution >= 0.6 is 0 Å². The van der Waals surface area contributed by atoms with E-state index in [0.29, 0.717) is 0 Å². The molecule has 0 aromatic heterocycles.